The van der Waals surface area contributed by atoms with Crippen LogP contribution < -0.4 is 5.32 Å². The second kappa shape index (κ2) is 10.0. The molecule has 146 valence electrons. The largest absolute Gasteiger partial charge is 0.379 e. The molecule has 1 N–H and O–H groups in total. The molecule has 2 rings (SSSR count). The van der Waals surface area contributed by atoms with Gasteiger partial charge in [-0.25, -0.2) is 8.42 Å². The molecule has 7 heteroatoms. The number of anilines is 1. The zero-order valence-electron chi connectivity index (χ0n) is 15.8. The van der Waals surface area contributed by atoms with Crippen molar-refractivity contribution in [2.45, 2.75) is 57.3 Å². The number of sulfonamides is 1. The predicted molar refractivity (Wildman–Crippen MR) is 103 cm³/mol. The number of amides is 1. The number of carbonyl (C=O) groups excluding carboxylic acids is 1. The lowest BCUT2D eigenvalue weighted by Gasteiger charge is -2.26. The standard InChI is InChI=1S/C19H30N2O4S/c1-3-4-5-6-7-8-19(22)20-17-10-9-16(2)18(15-17)26(23,24)21-11-13-25-14-12-21/h9-10,15H,3-8,11-14H2,1-2H3,(H,20,22). The summed E-state index contributed by atoms with van der Waals surface area (Å²) >= 11 is 0. The molecule has 26 heavy (non-hydrogen) atoms. The molecule has 0 aliphatic carbocycles. The normalized spacial score (nSPS) is 15.8. The van der Waals surface area contributed by atoms with E-state index in [1.807, 2.05) is 0 Å². The molecule has 1 amide bonds. The predicted octanol–water partition coefficient (Wildman–Crippen LogP) is 3.31. The Hall–Kier alpha value is -1.44. The minimum atomic E-state index is -3.58. The van der Waals surface area contributed by atoms with Crippen molar-refractivity contribution in [2.24, 2.45) is 0 Å². The summed E-state index contributed by atoms with van der Waals surface area (Å²) in [6, 6.07) is 5.06. The fourth-order valence-corrected chi connectivity index (χ4v) is 4.65. The van der Waals surface area contributed by atoms with Gasteiger partial charge in [0, 0.05) is 25.2 Å². The Morgan fingerprint density at radius 1 is 1.15 bits per heavy atom. The van der Waals surface area contributed by atoms with Crippen molar-refractivity contribution in [2.75, 3.05) is 31.6 Å². The molecule has 1 heterocycles. The van der Waals surface area contributed by atoms with Crippen LogP contribution in [0.15, 0.2) is 23.1 Å². The Labute approximate surface area is 157 Å². The van der Waals surface area contributed by atoms with Crippen LogP contribution in [0.5, 0.6) is 0 Å². The van der Waals surface area contributed by atoms with Crippen LogP contribution in [0.3, 0.4) is 0 Å². The highest BCUT2D eigenvalue weighted by molar-refractivity contribution is 7.89. The Kier molecular flexibility index (Phi) is 8.06. The molecular formula is C19H30N2O4S. The summed E-state index contributed by atoms with van der Waals surface area (Å²) in [6.45, 7) is 5.46. The number of nitrogens with zero attached hydrogens (tertiary/aromatic N) is 1. The van der Waals surface area contributed by atoms with E-state index in [4.69, 9.17) is 4.74 Å². The number of ether oxygens (including phenoxy) is 1. The number of unbranched alkanes of at least 4 members (excludes halogenated alkanes) is 4. The molecule has 0 unspecified atom stereocenters. The highest BCUT2D eigenvalue weighted by Gasteiger charge is 2.28. The van der Waals surface area contributed by atoms with Gasteiger partial charge < -0.3 is 10.1 Å². The molecule has 1 aliphatic heterocycles. The highest BCUT2D eigenvalue weighted by Crippen LogP contribution is 2.24. The van der Waals surface area contributed by atoms with Crippen LogP contribution in [-0.4, -0.2) is 44.9 Å². The third-order valence-electron chi connectivity index (χ3n) is 4.57. The van der Waals surface area contributed by atoms with Gasteiger partial charge in [-0.3, -0.25) is 4.79 Å². The zero-order valence-corrected chi connectivity index (χ0v) is 16.6. The average Bonchev–Trinajstić information content (AvgIpc) is 2.64. The van der Waals surface area contributed by atoms with Crippen LogP contribution in [-0.2, 0) is 19.6 Å². The Balaban J connectivity index is 2.01. The number of aryl methyl sites for hydroxylation is 1. The number of rotatable bonds is 9. The van der Waals surface area contributed by atoms with Gasteiger partial charge in [0.25, 0.3) is 0 Å². The van der Waals surface area contributed by atoms with E-state index >= 15 is 0 Å². The van der Waals surface area contributed by atoms with Gasteiger partial charge >= 0.3 is 0 Å². The van der Waals surface area contributed by atoms with Crippen LogP contribution in [0.25, 0.3) is 0 Å². The SMILES string of the molecule is CCCCCCCC(=O)Nc1ccc(C)c(S(=O)(=O)N2CCOCC2)c1. The minimum absolute atomic E-state index is 0.0694. The Morgan fingerprint density at radius 3 is 2.54 bits per heavy atom. The minimum Gasteiger partial charge on any atom is -0.379 e. The quantitative estimate of drug-likeness (QED) is 0.665. The molecule has 0 bridgehead atoms. The van der Waals surface area contributed by atoms with Crippen molar-refractivity contribution in [1.82, 2.24) is 4.31 Å². The maximum absolute atomic E-state index is 12.9. The third kappa shape index (κ3) is 5.79. The van der Waals surface area contributed by atoms with Crippen molar-refractivity contribution >= 4 is 21.6 Å². The number of hydrogen-bond donors (Lipinski definition) is 1. The summed E-state index contributed by atoms with van der Waals surface area (Å²) in [4.78, 5) is 12.4. The second-order valence-corrected chi connectivity index (χ2v) is 8.62. The van der Waals surface area contributed by atoms with E-state index in [0.29, 0.717) is 44.0 Å². The van der Waals surface area contributed by atoms with Gasteiger partial charge in [-0.1, -0.05) is 38.7 Å². The van der Waals surface area contributed by atoms with Crippen LogP contribution in [0, 0.1) is 6.92 Å². The molecule has 1 aliphatic rings. The summed E-state index contributed by atoms with van der Waals surface area (Å²) in [6.07, 6.45) is 5.89. The summed E-state index contributed by atoms with van der Waals surface area (Å²) < 4.78 is 32.4. The third-order valence-corrected chi connectivity index (χ3v) is 6.61. The Morgan fingerprint density at radius 2 is 1.85 bits per heavy atom. The summed E-state index contributed by atoms with van der Waals surface area (Å²) in [7, 11) is -3.58. The highest BCUT2D eigenvalue weighted by atomic mass is 32.2. The van der Waals surface area contributed by atoms with Gasteiger partial charge in [-0.05, 0) is 31.0 Å². The molecule has 0 saturated carbocycles. The van der Waals surface area contributed by atoms with E-state index in [0.717, 1.165) is 19.3 Å². The van der Waals surface area contributed by atoms with Crippen molar-refractivity contribution < 1.29 is 17.9 Å². The smallest absolute Gasteiger partial charge is 0.243 e. The molecule has 1 aromatic carbocycles. The van der Waals surface area contributed by atoms with Gasteiger partial charge in [0.2, 0.25) is 15.9 Å². The first kappa shape index (κ1) is 20.9. The number of nitrogens with one attached hydrogen (secondary N) is 1. The fourth-order valence-electron chi connectivity index (χ4n) is 2.99. The summed E-state index contributed by atoms with van der Waals surface area (Å²) in [5, 5.41) is 2.83. The van der Waals surface area contributed by atoms with E-state index in [2.05, 4.69) is 12.2 Å². The molecule has 0 spiro atoms. The lowest BCUT2D eigenvalue weighted by Crippen LogP contribution is -2.40. The fraction of sp³-hybridized carbons (Fsp3) is 0.632. The summed E-state index contributed by atoms with van der Waals surface area (Å²) in [5.41, 5.74) is 1.20. The van der Waals surface area contributed by atoms with E-state index in [9.17, 15) is 13.2 Å². The van der Waals surface area contributed by atoms with Crippen LogP contribution >= 0.6 is 0 Å². The van der Waals surface area contributed by atoms with E-state index < -0.39 is 10.0 Å². The first-order valence-corrected chi connectivity index (χ1v) is 10.9. The van der Waals surface area contributed by atoms with Gasteiger partial charge in [0.15, 0.2) is 0 Å². The van der Waals surface area contributed by atoms with Crippen molar-refractivity contribution in [3.8, 4) is 0 Å². The van der Waals surface area contributed by atoms with Crippen molar-refractivity contribution in [1.29, 1.82) is 0 Å². The van der Waals surface area contributed by atoms with Crippen LogP contribution in [0.2, 0.25) is 0 Å². The van der Waals surface area contributed by atoms with Crippen LogP contribution in [0.1, 0.15) is 51.0 Å². The topological polar surface area (TPSA) is 75.7 Å². The number of carbonyl (C=O) groups is 1. The second-order valence-electron chi connectivity index (χ2n) is 6.71. The van der Waals surface area contributed by atoms with E-state index in [1.165, 1.54) is 17.1 Å². The van der Waals surface area contributed by atoms with Gasteiger partial charge in [0.05, 0.1) is 18.1 Å². The molecular weight excluding hydrogens is 352 g/mol. The van der Waals surface area contributed by atoms with Gasteiger partial charge in [-0.15, -0.1) is 0 Å². The first-order valence-electron chi connectivity index (χ1n) is 9.43. The maximum atomic E-state index is 12.9. The maximum Gasteiger partial charge on any atom is 0.243 e. The first-order chi connectivity index (χ1) is 12.4. The van der Waals surface area contributed by atoms with Crippen molar-refractivity contribution in [3.05, 3.63) is 23.8 Å². The van der Waals surface area contributed by atoms with E-state index in [-0.39, 0.29) is 10.8 Å². The molecule has 1 aromatic rings. The van der Waals surface area contributed by atoms with Crippen molar-refractivity contribution in [3.63, 3.8) is 0 Å². The van der Waals surface area contributed by atoms with E-state index in [1.54, 1.807) is 25.1 Å². The van der Waals surface area contributed by atoms with Gasteiger partial charge in [0.1, 0.15) is 0 Å². The molecule has 0 aromatic heterocycles. The lowest BCUT2D eigenvalue weighted by atomic mass is 10.1. The summed E-state index contributed by atoms with van der Waals surface area (Å²) in [5.74, 6) is -0.0694. The molecule has 1 saturated heterocycles. The number of benzene rings is 1. The molecule has 0 atom stereocenters. The monoisotopic (exact) mass is 382 g/mol. The number of hydrogen-bond acceptors (Lipinski definition) is 4. The molecule has 0 radical (unpaired) electrons. The van der Waals surface area contributed by atoms with Gasteiger partial charge in [-0.2, -0.15) is 4.31 Å². The van der Waals surface area contributed by atoms with Crippen LogP contribution in [0.4, 0.5) is 5.69 Å². The Bertz CT molecular complexity index is 697. The lowest BCUT2D eigenvalue weighted by molar-refractivity contribution is -0.116. The molecule has 1 fully saturated rings. The zero-order chi connectivity index (χ0) is 19.0. The molecule has 6 nitrogen and oxygen atoms in total. The number of morpholine rings is 1. The average molecular weight is 383 g/mol.